The Kier molecular flexibility index (Phi) is 4.18. The second kappa shape index (κ2) is 5.83. The minimum Gasteiger partial charge on any atom is -0.368 e. The van der Waals surface area contributed by atoms with Gasteiger partial charge in [-0.3, -0.25) is 4.90 Å². The van der Waals surface area contributed by atoms with Crippen LogP contribution in [0.4, 0.5) is 5.69 Å². The molecule has 1 aromatic rings. The summed E-state index contributed by atoms with van der Waals surface area (Å²) in [4.78, 5) is 5.22. The molecule has 0 bridgehead atoms. The average Bonchev–Trinajstić information content (AvgIpc) is 3.31. The van der Waals surface area contributed by atoms with Crippen LogP contribution in [0.2, 0.25) is 0 Å². The molecule has 0 radical (unpaired) electrons. The molecule has 0 unspecified atom stereocenters. The second-order valence-electron chi connectivity index (χ2n) is 6.46. The molecule has 2 fully saturated rings. The van der Waals surface area contributed by atoms with Gasteiger partial charge in [0.25, 0.3) is 0 Å². The molecule has 3 rings (SSSR count). The van der Waals surface area contributed by atoms with Crippen molar-refractivity contribution in [3.05, 3.63) is 23.8 Å². The van der Waals surface area contributed by atoms with Crippen LogP contribution in [0.1, 0.15) is 18.4 Å². The van der Waals surface area contributed by atoms with Crippen molar-refractivity contribution in [2.75, 3.05) is 45.2 Å². The van der Waals surface area contributed by atoms with Crippen molar-refractivity contribution in [1.29, 1.82) is 0 Å². The minimum absolute atomic E-state index is 0.458. The van der Waals surface area contributed by atoms with Crippen LogP contribution in [0.25, 0.3) is 0 Å². The number of rotatable bonds is 4. The smallest absolute Gasteiger partial charge is 0.244 e. The Morgan fingerprint density at radius 1 is 1.09 bits per heavy atom. The van der Waals surface area contributed by atoms with E-state index < -0.39 is 10.0 Å². The van der Waals surface area contributed by atoms with E-state index in [4.69, 9.17) is 0 Å². The number of aryl methyl sites for hydroxylation is 1. The Hall–Kier alpha value is -1.11. The summed E-state index contributed by atoms with van der Waals surface area (Å²) in [5.41, 5.74) is 1.67. The number of nitrogens with zero attached hydrogens (tertiary/aromatic N) is 3. The summed E-state index contributed by atoms with van der Waals surface area (Å²) in [7, 11) is -0.239. The highest BCUT2D eigenvalue weighted by Gasteiger charge is 2.33. The Morgan fingerprint density at radius 2 is 1.73 bits per heavy atom. The lowest BCUT2D eigenvalue weighted by molar-refractivity contribution is 0.248. The third kappa shape index (κ3) is 2.87. The molecule has 1 saturated heterocycles. The Labute approximate surface area is 133 Å². The third-order valence-corrected chi connectivity index (χ3v) is 6.66. The third-order valence-electron chi connectivity index (χ3n) is 4.65. The zero-order valence-corrected chi connectivity index (χ0v) is 14.4. The van der Waals surface area contributed by atoms with Gasteiger partial charge in [0.05, 0.1) is 5.69 Å². The average molecular weight is 323 g/mol. The Bertz CT molecular complexity index is 645. The zero-order valence-electron chi connectivity index (χ0n) is 13.6. The van der Waals surface area contributed by atoms with Crippen molar-refractivity contribution in [3.63, 3.8) is 0 Å². The molecule has 5 nitrogen and oxygen atoms in total. The molecule has 0 N–H and O–H groups in total. The van der Waals surface area contributed by atoms with Gasteiger partial charge in [0.1, 0.15) is 4.90 Å². The molecule has 0 spiro atoms. The number of sulfonamides is 1. The van der Waals surface area contributed by atoms with Gasteiger partial charge in [0.2, 0.25) is 10.0 Å². The highest BCUT2D eigenvalue weighted by atomic mass is 32.2. The first-order valence-electron chi connectivity index (χ1n) is 7.92. The van der Waals surface area contributed by atoms with E-state index in [0.29, 0.717) is 4.90 Å². The summed E-state index contributed by atoms with van der Waals surface area (Å²) >= 11 is 0. The van der Waals surface area contributed by atoms with E-state index in [-0.39, 0.29) is 0 Å². The van der Waals surface area contributed by atoms with Gasteiger partial charge < -0.3 is 4.90 Å². The zero-order chi connectivity index (χ0) is 15.9. The molecule has 2 aliphatic rings. The molecule has 1 heterocycles. The van der Waals surface area contributed by atoms with E-state index in [1.54, 1.807) is 14.1 Å². The topological polar surface area (TPSA) is 43.9 Å². The number of anilines is 1. The van der Waals surface area contributed by atoms with Gasteiger partial charge in [-0.1, -0.05) is 12.1 Å². The highest BCUT2D eigenvalue weighted by molar-refractivity contribution is 7.89. The molecule has 0 aromatic heterocycles. The molecule has 0 amide bonds. The lowest BCUT2D eigenvalue weighted by Crippen LogP contribution is -2.47. The normalized spacial score (nSPS) is 20.6. The van der Waals surface area contributed by atoms with Gasteiger partial charge in [-0.15, -0.1) is 0 Å². The second-order valence-corrected chi connectivity index (χ2v) is 8.55. The summed E-state index contributed by atoms with van der Waals surface area (Å²) in [6, 6.07) is 6.55. The SMILES string of the molecule is Cc1cccc(N2CCN(C3CC3)CC2)c1S(=O)(=O)N(C)C. The Balaban J connectivity index is 1.89. The molecule has 6 heteroatoms. The van der Waals surface area contributed by atoms with Crippen molar-refractivity contribution in [1.82, 2.24) is 9.21 Å². The van der Waals surface area contributed by atoms with Crippen LogP contribution >= 0.6 is 0 Å². The van der Waals surface area contributed by atoms with Gasteiger partial charge >= 0.3 is 0 Å². The quantitative estimate of drug-likeness (QED) is 0.843. The molecule has 1 aromatic carbocycles. The van der Waals surface area contributed by atoms with Crippen LogP contribution in [0.3, 0.4) is 0 Å². The van der Waals surface area contributed by atoms with Gasteiger partial charge in [0.15, 0.2) is 0 Å². The first-order valence-corrected chi connectivity index (χ1v) is 9.36. The molecule has 1 saturated carbocycles. The van der Waals surface area contributed by atoms with Gasteiger partial charge in [0, 0.05) is 46.3 Å². The first kappa shape index (κ1) is 15.8. The molecular formula is C16H25N3O2S. The van der Waals surface area contributed by atoms with E-state index in [1.165, 1.54) is 17.1 Å². The molecule has 0 atom stereocenters. The molecule has 22 heavy (non-hydrogen) atoms. The maximum absolute atomic E-state index is 12.7. The fourth-order valence-corrected chi connectivity index (χ4v) is 4.47. The largest absolute Gasteiger partial charge is 0.368 e. The summed E-state index contributed by atoms with van der Waals surface area (Å²) < 4.78 is 26.7. The molecule has 122 valence electrons. The minimum atomic E-state index is -3.43. The molecular weight excluding hydrogens is 298 g/mol. The maximum atomic E-state index is 12.7. The van der Waals surface area contributed by atoms with E-state index in [9.17, 15) is 8.42 Å². The summed E-state index contributed by atoms with van der Waals surface area (Å²) in [6.07, 6.45) is 2.65. The van der Waals surface area contributed by atoms with Crippen LogP contribution in [0.15, 0.2) is 23.1 Å². The fraction of sp³-hybridized carbons (Fsp3) is 0.625. The summed E-state index contributed by atoms with van der Waals surface area (Å²) in [6.45, 7) is 5.73. The van der Waals surface area contributed by atoms with E-state index in [0.717, 1.165) is 43.5 Å². The van der Waals surface area contributed by atoms with Crippen LogP contribution in [-0.4, -0.2) is 63.9 Å². The van der Waals surface area contributed by atoms with Gasteiger partial charge in [-0.05, 0) is 31.4 Å². The predicted octanol–water partition coefficient (Wildman–Crippen LogP) is 1.53. The lowest BCUT2D eigenvalue weighted by Gasteiger charge is -2.37. The predicted molar refractivity (Wildman–Crippen MR) is 88.9 cm³/mol. The standard InChI is InChI=1S/C16H25N3O2S/c1-13-5-4-6-15(16(13)22(20,21)17(2)3)19-11-9-18(10-12-19)14-7-8-14/h4-6,14H,7-12H2,1-3H3. The van der Waals surface area contributed by atoms with Crippen molar-refractivity contribution < 1.29 is 8.42 Å². The fourth-order valence-electron chi connectivity index (χ4n) is 3.17. The first-order chi connectivity index (χ1) is 10.4. The van der Waals surface area contributed by atoms with Crippen molar-refractivity contribution in [2.24, 2.45) is 0 Å². The molecule has 1 aliphatic heterocycles. The number of piperazine rings is 1. The maximum Gasteiger partial charge on any atom is 0.244 e. The summed E-state index contributed by atoms with van der Waals surface area (Å²) in [5, 5.41) is 0. The number of benzene rings is 1. The van der Waals surface area contributed by atoms with E-state index in [1.807, 2.05) is 25.1 Å². The molecule has 1 aliphatic carbocycles. The van der Waals surface area contributed by atoms with Gasteiger partial charge in [-0.25, -0.2) is 12.7 Å². The van der Waals surface area contributed by atoms with Crippen LogP contribution in [0.5, 0.6) is 0 Å². The summed E-state index contributed by atoms with van der Waals surface area (Å²) in [5.74, 6) is 0. The number of hydrogen-bond donors (Lipinski definition) is 0. The van der Waals surface area contributed by atoms with Crippen LogP contribution < -0.4 is 4.90 Å². The number of hydrogen-bond acceptors (Lipinski definition) is 4. The van der Waals surface area contributed by atoms with Gasteiger partial charge in [-0.2, -0.15) is 0 Å². The van der Waals surface area contributed by atoms with Crippen molar-refractivity contribution in [3.8, 4) is 0 Å². The Morgan fingerprint density at radius 3 is 2.27 bits per heavy atom. The van der Waals surface area contributed by atoms with E-state index >= 15 is 0 Å². The lowest BCUT2D eigenvalue weighted by atomic mass is 10.2. The van der Waals surface area contributed by atoms with Crippen LogP contribution in [0, 0.1) is 6.92 Å². The van der Waals surface area contributed by atoms with Crippen LogP contribution in [-0.2, 0) is 10.0 Å². The van der Waals surface area contributed by atoms with Crippen molar-refractivity contribution in [2.45, 2.75) is 30.7 Å². The highest BCUT2D eigenvalue weighted by Crippen LogP contribution is 2.33. The van der Waals surface area contributed by atoms with E-state index in [2.05, 4.69) is 9.80 Å². The monoisotopic (exact) mass is 323 g/mol. The van der Waals surface area contributed by atoms with Crippen molar-refractivity contribution >= 4 is 15.7 Å².